The minimum Gasteiger partial charge on any atom is -0.403 e. The third-order valence-corrected chi connectivity index (χ3v) is 7.60. The number of nitrogens with zero attached hydrogens (tertiary/aromatic N) is 3. The zero-order chi connectivity index (χ0) is 24.8. The number of amides is 2. The van der Waals surface area contributed by atoms with E-state index in [0.29, 0.717) is 34.5 Å². The van der Waals surface area contributed by atoms with Crippen molar-refractivity contribution in [3.63, 3.8) is 0 Å². The van der Waals surface area contributed by atoms with Crippen molar-refractivity contribution in [1.29, 1.82) is 0 Å². The minimum absolute atomic E-state index is 0.268. The Labute approximate surface area is 213 Å². The zero-order valence-electron chi connectivity index (χ0n) is 19.5. The Balaban J connectivity index is 1.46. The number of nitrogens with one attached hydrogen (secondary N) is 2. The predicted molar refractivity (Wildman–Crippen MR) is 141 cm³/mol. The predicted octanol–water partition coefficient (Wildman–Crippen LogP) is 4.10. The molecule has 0 bridgehead atoms. The number of halogens is 1. The third-order valence-electron chi connectivity index (χ3n) is 6.21. The van der Waals surface area contributed by atoms with Gasteiger partial charge in [-0.2, -0.15) is 5.10 Å². The molecule has 3 aromatic rings. The molecule has 4 N–H and O–H groups in total. The summed E-state index contributed by atoms with van der Waals surface area (Å²) >= 11 is 7.64. The molecule has 0 radical (unpaired) electrons. The van der Waals surface area contributed by atoms with E-state index in [-0.39, 0.29) is 11.8 Å². The Bertz CT molecular complexity index is 1260. The lowest BCUT2D eigenvalue weighted by Gasteiger charge is -2.21. The van der Waals surface area contributed by atoms with Gasteiger partial charge in [0, 0.05) is 29.7 Å². The molecule has 10 heteroatoms. The van der Waals surface area contributed by atoms with Gasteiger partial charge >= 0.3 is 0 Å². The first-order valence-electron chi connectivity index (χ1n) is 11.6. The fraction of sp³-hybridized carbons (Fsp3) is 0.360. The van der Waals surface area contributed by atoms with Gasteiger partial charge in [0.2, 0.25) is 5.91 Å². The summed E-state index contributed by atoms with van der Waals surface area (Å²) in [5.74, 6) is -0.149. The van der Waals surface area contributed by atoms with Crippen LogP contribution in [0.15, 0.2) is 53.4 Å². The van der Waals surface area contributed by atoms with Crippen LogP contribution in [0.25, 0.3) is 10.9 Å². The number of nitrogens with two attached hydrogens (primary N) is 1. The Kier molecular flexibility index (Phi) is 8.20. The Morgan fingerprint density at radius 2 is 2.11 bits per heavy atom. The second-order valence-electron chi connectivity index (χ2n) is 8.65. The average Bonchev–Trinajstić information content (AvgIpc) is 3.61. The van der Waals surface area contributed by atoms with Crippen molar-refractivity contribution < 1.29 is 9.59 Å². The number of hydrogen-bond acceptors (Lipinski definition) is 6. The second kappa shape index (κ2) is 11.5. The molecule has 0 spiro atoms. The lowest BCUT2D eigenvalue weighted by atomic mass is 9.97. The third kappa shape index (κ3) is 6.10. The van der Waals surface area contributed by atoms with Crippen molar-refractivity contribution in [2.75, 3.05) is 7.05 Å². The maximum Gasteiger partial charge on any atom is 0.262 e. The number of carbonyl (C=O) groups excluding carboxylic acids is 2. The minimum atomic E-state index is -0.659. The number of aliphatic imine (C=N–C) groups is 1. The summed E-state index contributed by atoms with van der Waals surface area (Å²) in [4.78, 5) is 31.5. The SMILES string of the molecule is CN=C/C(=C\N)NC(=O)C(CC1CCCC1)NC(=O)c1ccc(Cn2ncc3c(Cl)cccc32)s1. The van der Waals surface area contributed by atoms with Gasteiger partial charge in [-0.05, 0) is 36.6 Å². The van der Waals surface area contributed by atoms with E-state index in [2.05, 4.69) is 20.7 Å². The number of benzene rings is 1. The lowest BCUT2D eigenvalue weighted by Crippen LogP contribution is -2.47. The van der Waals surface area contributed by atoms with Gasteiger partial charge in [0.15, 0.2) is 0 Å². The number of aromatic nitrogens is 2. The van der Waals surface area contributed by atoms with Crippen molar-refractivity contribution in [1.82, 2.24) is 20.4 Å². The van der Waals surface area contributed by atoms with E-state index >= 15 is 0 Å². The van der Waals surface area contributed by atoms with Crippen molar-refractivity contribution in [2.24, 2.45) is 16.6 Å². The van der Waals surface area contributed by atoms with Crippen molar-refractivity contribution >= 4 is 51.9 Å². The fourth-order valence-electron chi connectivity index (χ4n) is 4.45. The topological polar surface area (TPSA) is 114 Å². The molecule has 8 nitrogen and oxygen atoms in total. The largest absolute Gasteiger partial charge is 0.403 e. The van der Waals surface area contributed by atoms with E-state index in [4.69, 9.17) is 17.3 Å². The first-order valence-corrected chi connectivity index (χ1v) is 12.8. The van der Waals surface area contributed by atoms with Gasteiger partial charge < -0.3 is 16.4 Å². The first kappa shape index (κ1) is 24.9. The van der Waals surface area contributed by atoms with Gasteiger partial charge in [0.05, 0.1) is 33.9 Å². The molecule has 1 unspecified atom stereocenters. The molecule has 184 valence electrons. The van der Waals surface area contributed by atoms with E-state index in [0.717, 1.165) is 41.5 Å². The highest BCUT2D eigenvalue weighted by Crippen LogP contribution is 2.29. The highest BCUT2D eigenvalue weighted by molar-refractivity contribution is 7.14. The molecular formula is C25H29ClN6O2S. The second-order valence-corrected chi connectivity index (χ2v) is 10.2. The molecule has 4 rings (SSSR count). The van der Waals surface area contributed by atoms with Crippen LogP contribution in [0.5, 0.6) is 0 Å². The molecule has 1 aliphatic rings. The van der Waals surface area contributed by atoms with Gasteiger partial charge in [-0.15, -0.1) is 11.3 Å². The van der Waals surface area contributed by atoms with Gasteiger partial charge in [-0.3, -0.25) is 19.3 Å². The number of rotatable bonds is 9. The summed E-state index contributed by atoms with van der Waals surface area (Å²) in [6.07, 6.45) is 9.56. The van der Waals surface area contributed by atoms with Crippen LogP contribution in [0.2, 0.25) is 5.02 Å². The van der Waals surface area contributed by atoms with Crippen LogP contribution in [0.3, 0.4) is 0 Å². The number of hydrogen-bond donors (Lipinski definition) is 3. The number of thiophene rings is 1. The van der Waals surface area contributed by atoms with Crippen molar-refractivity contribution in [2.45, 2.75) is 44.7 Å². The fourth-order valence-corrected chi connectivity index (χ4v) is 5.56. The summed E-state index contributed by atoms with van der Waals surface area (Å²) in [6.45, 7) is 0.523. The summed E-state index contributed by atoms with van der Waals surface area (Å²) in [5, 5.41) is 11.7. The van der Waals surface area contributed by atoms with Crippen LogP contribution in [0.4, 0.5) is 0 Å². The standard InChI is InChI=1S/C25H29ClN6O2S/c1-28-13-17(12-27)30-24(33)21(11-16-5-2-3-6-16)31-25(34)23-10-9-18(35-23)15-32-22-8-4-7-20(26)19(22)14-29-32/h4,7-10,12-14,16,21H,2-3,5-6,11,15,27H2,1H3,(H,30,33)(H,31,34)/b17-12+,28-13?. The normalized spacial score (nSPS) is 15.7. The molecular weight excluding hydrogens is 484 g/mol. The summed E-state index contributed by atoms with van der Waals surface area (Å²) in [5.41, 5.74) is 6.93. The van der Waals surface area contributed by atoms with E-state index < -0.39 is 6.04 Å². The zero-order valence-corrected chi connectivity index (χ0v) is 21.1. The van der Waals surface area contributed by atoms with Gasteiger partial charge in [0.25, 0.3) is 5.91 Å². The van der Waals surface area contributed by atoms with Crippen LogP contribution in [-0.4, -0.2) is 40.9 Å². The quantitative estimate of drug-likeness (QED) is 0.374. The smallest absolute Gasteiger partial charge is 0.262 e. The monoisotopic (exact) mass is 512 g/mol. The number of carbonyl (C=O) groups is 2. The summed E-state index contributed by atoms with van der Waals surface area (Å²) < 4.78 is 1.86. The maximum absolute atomic E-state index is 13.1. The highest BCUT2D eigenvalue weighted by atomic mass is 35.5. The molecule has 35 heavy (non-hydrogen) atoms. The van der Waals surface area contributed by atoms with E-state index in [1.807, 2.05) is 28.9 Å². The van der Waals surface area contributed by atoms with Crippen molar-refractivity contribution in [3.8, 4) is 0 Å². The molecule has 2 amide bonds. The van der Waals surface area contributed by atoms with E-state index in [1.54, 1.807) is 19.3 Å². The number of allylic oxidation sites excluding steroid dienone is 1. The van der Waals surface area contributed by atoms with Gasteiger partial charge in [0.1, 0.15) is 6.04 Å². The van der Waals surface area contributed by atoms with Gasteiger partial charge in [-0.1, -0.05) is 43.4 Å². The van der Waals surface area contributed by atoms with Gasteiger partial charge in [-0.25, -0.2) is 0 Å². The molecule has 2 heterocycles. The molecule has 1 atom stereocenters. The van der Waals surface area contributed by atoms with Crippen molar-refractivity contribution in [3.05, 3.63) is 63.2 Å². The molecule has 2 aromatic heterocycles. The molecule has 1 aromatic carbocycles. The average molecular weight is 513 g/mol. The Hall–Kier alpha value is -3.17. The summed E-state index contributed by atoms with van der Waals surface area (Å²) in [6, 6.07) is 8.74. The van der Waals surface area contributed by atoms with E-state index in [1.165, 1.54) is 23.8 Å². The molecule has 0 aliphatic heterocycles. The molecule has 1 aliphatic carbocycles. The van der Waals surface area contributed by atoms with Crippen LogP contribution in [0.1, 0.15) is 46.7 Å². The van der Waals surface area contributed by atoms with Crippen LogP contribution < -0.4 is 16.4 Å². The van der Waals surface area contributed by atoms with Crippen LogP contribution in [0, 0.1) is 5.92 Å². The van der Waals surface area contributed by atoms with E-state index in [9.17, 15) is 9.59 Å². The number of fused-ring (bicyclic) bond motifs is 1. The highest BCUT2D eigenvalue weighted by Gasteiger charge is 2.27. The Morgan fingerprint density at radius 1 is 1.31 bits per heavy atom. The summed E-state index contributed by atoms with van der Waals surface area (Å²) in [7, 11) is 1.60. The Morgan fingerprint density at radius 3 is 2.86 bits per heavy atom. The van der Waals surface area contributed by atoms with Crippen LogP contribution >= 0.6 is 22.9 Å². The molecule has 1 fully saturated rings. The lowest BCUT2D eigenvalue weighted by molar-refractivity contribution is -0.122. The molecule has 1 saturated carbocycles. The molecule has 0 saturated heterocycles. The maximum atomic E-state index is 13.1. The van der Waals surface area contributed by atoms with Crippen LogP contribution in [-0.2, 0) is 11.3 Å². The first-order chi connectivity index (χ1) is 17.0.